The Bertz CT molecular complexity index is 766. The minimum Gasteiger partial charge on any atom is -0.395 e. The molecule has 3 rings (SSSR count). The van der Waals surface area contributed by atoms with Gasteiger partial charge >= 0.3 is 6.03 Å². The molecule has 0 spiro atoms. The third-order valence-electron chi connectivity index (χ3n) is 4.42. The van der Waals surface area contributed by atoms with E-state index in [1.165, 1.54) is 4.90 Å². The van der Waals surface area contributed by atoms with E-state index in [1.807, 2.05) is 24.3 Å². The van der Waals surface area contributed by atoms with Gasteiger partial charge in [-0.15, -0.1) is 0 Å². The summed E-state index contributed by atoms with van der Waals surface area (Å²) >= 11 is 12.0. The van der Waals surface area contributed by atoms with Crippen LogP contribution in [0.1, 0.15) is 17.2 Å². The zero-order valence-electron chi connectivity index (χ0n) is 14.4. The number of nitrogens with one attached hydrogen (secondary N) is 2. The molecule has 3 amide bonds. The molecule has 1 atom stereocenters. The van der Waals surface area contributed by atoms with E-state index in [1.54, 1.807) is 24.3 Å². The summed E-state index contributed by atoms with van der Waals surface area (Å²) in [5.74, 6) is -0.309. The molecule has 0 radical (unpaired) electrons. The molecule has 1 heterocycles. The SMILES string of the molecule is O=C(NC(c1ccc(Cl)cc1)c1ccc(Cl)cc1)[C@@H]1CNC(=O)N1CCO. The molecule has 6 nitrogen and oxygen atoms in total. The summed E-state index contributed by atoms with van der Waals surface area (Å²) in [6.45, 7) is 0.0735. The maximum Gasteiger partial charge on any atom is 0.318 e. The molecule has 0 saturated carbocycles. The first-order chi connectivity index (χ1) is 13.0. The van der Waals surface area contributed by atoms with E-state index < -0.39 is 12.1 Å². The molecule has 0 bridgehead atoms. The molecule has 1 saturated heterocycles. The molecule has 27 heavy (non-hydrogen) atoms. The lowest BCUT2D eigenvalue weighted by Gasteiger charge is -2.25. The molecule has 2 aromatic rings. The molecule has 1 aliphatic rings. The van der Waals surface area contributed by atoms with E-state index in [0.29, 0.717) is 10.0 Å². The monoisotopic (exact) mass is 407 g/mol. The largest absolute Gasteiger partial charge is 0.395 e. The molecule has 1 fully saturated rings. The van der Waals surface area contributed by atoms with E-state index in [9.17, 15) is 9.59 Å². The summed E-state index contributed by atoms with van der Waals surface area (Å²) in [5, 5.41) is 16.0. The van der Waals surface area contributed by atoms with Crippen molar-refractivity contribution in [1.82, 2.24) is 15.5 Å². The molecule has 8 heteroatoms. The number of hydrogen-bond donors (Lipinski definition) is 3. The number of carbonyl (C=O) groups excluding carboxylic acids is 2. The van der Waals surface area contributed by atoms with E-state index in [-0.39, 0.29) is 31.6 Å². The zero-order chi connectivity index (χ0) is 19.4. The molecule has 0 aromatic heterocycles. The average molecular weight is 408 g/mol. The van der Waals surface area contributed by atoms with Gasteiger partial charge in [-0.3, -0.25) is 4.79 Å². The predicted octanol–water partition coefficient (Wildman–Crippen LogP) is 2.59. The van der Waals surface area contributed by atoms with Crippen LogP contribution in [0.4, 0.5) is 4.79 Å². The lowest BCUT2D eigenvalue weighted by Crippen LogP contribution is -2.47. The van der Waals surface area contributed by atoms with Crippen molar-refractivity contribution in [2.24, 2.45) is 0 Å². The first-order valence-corrected chi connectivity index (χ1v) is 9.22. The van der Waals surface area contributed by atoms with Gasteiger partial charge in [0.1, 0.15) is 6.04 Å². The third kappa shape index (κ3) is 4.53. The second-order valence-corrected chi connectivity index (χ2v) is 7.04. The van der Waals surface area contributed by atoms with Gasteiger partial charge in [-0.2, -0.15) is 0 Å². The van der Waals surface area contributed by atoms with Crippen LogP contribution < -0.4 is 10.6 Å². The Kier molecular flexibility index (Phi) is 6.21. The summed E-state index contributed by atoms with van der Waals surface area (Å²) in [6, 6.07) is 12.9. The Morgan fingerprint density at radius 2 is 1.63 bits per heavy atom. The van der Waals surface area contributed by atoms with Gasteiger partial charge in [-0.1, -0.05) is 47.5 Å². The van der Waals surface area contributed by atoms with Gasteiger partial charge in [0.2, 0.25) is 5.91 Å². The third-order valence-corrected chi connectivity index (χ3v) is 4.92. The smallest absolute Gasteiger partial charge is 0.318 e. The number of hydrogen-bond acceptors (Lipinski definition) is 3. The van der Waals surface area contributed by atoms with Crippen molar-refractivity contribution in [3.63, 3.8) is 0 Å². The van der Waals surface area contributed by atoms with Crippen LogP contribution in [-0.4, -0.2) is 47.7 Å². The highest BCUT2D eigenvalue weighted by atomic mass is 35.5. The second-order valence-electron chi connectivity index (χ2n) is 6.16. The second kappa shape index (κ2) is 8.61. The topological polar surface area (TPSA) is 81.7 Å². The molecular weight excluding hydrogens is 389 g/mol. The lowest BCUT2D eigenvalue weighted by atomic mass is 9.98. The first-order valence-electron chi connectivity index (χ1n) is 8.46. The highest BCUT2D eigenvalue weighted by Crippen LogP contribution is 2.25. The average Bonchev–Trinajstić information content (AvgIpc) is 3.02. The quantitative estimate of drug-likeness (QED) is 0.687. The van der Waals surface area contributed by atoms with Crippen LogP contribution in [0.2, 0.25) is 10.0 Å². The van der Waals surface area contributed by atoms with Gasteiger partial charge in [0.25, 0.3) is 0 Å². The summed E-state index contributed by atoms with van der Waals surface area (Å²) in [7, 11) is 0. The maximum absolute atomic E-state index is 12.9. The van der Waals surface area contributed by atoms with Crippen LogP contribution in [0.5, 0.6) is 0 Å². The number of β-amino-alcohol motifs (C(OH)–C–C–N with tert-alkyl or cyclic N) is 1. The van der Waals surface area contributed by atoms with Crippen LogP contribution in [0, 0.1) is 0 Å². The van der Waals surface area contributed by atoms with Crippen LogP contribution in [0.15, 0.2) is 48.5 Å². The number of nitrogens with zero attached hydrogens (tertiary/aromatic N) is 1. The molecular formula is C19H19Cl2N3O3. The summed E-state index contributed by atoms with van der Waals surface area (Å²) in [4.78, 5) is 26.1. The van der Waals surface area contributed by atoms with Crippen molar-refractivity contribution in [3.05, 3.63) is 69.7 Å². The minimum atomic E-state index is -0.688. The van der Waals surface area contributed by atoms with E-state index >= 15 is 0 Å². The molecule has 1 aliphatic heterocycles. The Hall–Kier alpha value is -2.28. The number of benzene rings is 2. The van der Waals surface area contributed by atoms with Gasteiger partial charge in [0.15, 0.2) is 0 Å². The molecule has 0 unspecified atom stereocenters. The number of rotatable bonds is 6. The highest BCUT2D eigenvalue weighted by Gasteiger charge is 2.36. The number of amides is 3. The van der Waals surface area contributed by atoms with Crippen molar-refractivity contribution in [3.8, 4) is 0 Å². The zero-order valence-corrected chi connectivity index (χ0v) is 15.9. The minimum absolute atomic E-state index is 0.0937. The van der Waals surface area contributed by atoms with Gasteiger partial charge in [-0.05, 0) is 35.4 Å². The van der Waals surface area contributed by atoms with Crippen LogP contribution in [0.3, 0.4) is 0 Å². The normalized spacial score (nSPS) is 16.5. The van der Waals surface area contributed by atoms with Crippen molar-refractivity contribution < 1.29 is 14.7 Å². The fourth-order valence-electron chi connectivity index (χ4n) is 3.04. The van der Waals surface area contributed by atoms with Crippen molar-refractivity contribution in [1.29, 1.82) is 0 Å². The Labute approximate surface area is 167 Å². The van der Waals surface area contributed by atoms with Crippen molar-refractivity contribution in [2.75, 3.05) is 19.7 Å². The summed E-state index contributed by atoms with van der Waals surface area (Å²) in [6.07, 6.45) is 0. The predicted molar refractivity (Wildman–Crippen MR) is 104 cm³/mol. The number of urea groups is 1. The van der Waals surface area contributed by atoms with Crippen LogP contribution >= 0.6 is 23.2 Å². The number of aliphatic hydroxyl groups excluding tert-OH is 1. The fraction of sp³-hybridized carbons (Fsp3) is 0.263. The van der Waals surface area contributed by atoms with Crippen molar-refractivity contribution >= 4 is 35.1 Å². The summed E-state index contributed by atoms with van der Waals surface area (Å²) in [5.41, 5.74) is 1.70. The van der Waals surface area contributed by atoms with Crippen LogP contribution in [0.25, 0.3) is 0 Å². The Balaban J connectivity index is 1.87. The number of aliphatic hydroxyl groups is 1. The molecule has 142 valence electrons. The standard InChI is InChI=1S/C19H19Cl2N3O3/c20-14-5-1-12(2-6-14)17(13-3-7-15(21)8-4-13)23-18(26)16-11-22-19(27)24(16)9-10-25/h1-8,16-17,25H,9-11H2,(H,22,27)(H,23,26)/t16-/m0/s1. The summed E-state index contributed by atoms with van der Waals surface area (Å²) < 4.78 is 0. The lowest BCUT2D eigenvalue weighted by molar-refractivity contribution is -0.125. The molecule has 3 N–H and O–H groups in total. The molecule has 0 aliphatic carbocycles. The van der Waals surface area contributed by atoms with E-state index in [2.05, 4.69) is 10.6 Å². The number of halogens is 2. The molecule has 2 aromatic carbocycles. The first kappa shape index (κ1) is 19.5. The number of carbonyl (C=O) groups is 2. The van der Waals surface area contributed by atoms with Gasteiger partial charge in [0.05, 0.1) is 12.6 Å². The Morgan fingerprint density at radius 1 is 1.11 bits per heavy atom. The maximum atomic E-state index is 12.9. The van der Waals surface area contributed by atoms with E-state index in [0.717, 1.165) is 11.1 Å². The Morgan fingerprint density at radius 3 is 2.11 bits per heavy atom. The van der Waals surface area contributed by atoms with Gasteiger partial charge < -0.3 is 20.6 Å². The fourth-order valence-corrected chi connectivity index (χ4v) is 3.30. The highest BCUT2D eigenvalue weighted by molar-refractivity contribution is 6.30. The van der Waals surface area contributed by atoms with E-state index in [4.69, 9.17) is 28.3 Å². The van der Waals surface area contributed by atoms with Gasteiger partial charge in [0, 0.05) is 23.1 Å². The van der Waals surface area contributed by atoms with Crippen LogP contribution in [-0.2, 0) is 4.79 Å². The van der Waals surface area contributed by atoms with Gasteiger partial charge in [-0.25, -0.2) is 4.79 Å². The van der Waals surface area contributed by atoms with Crippen molar-refractivity contribution in [2.45, 2.75) is 12.1 Å².